The predicted molar refractivity (Wildman–Crippen MR) is 54.9 cm³/mol. The number of hydrogen-bond acceptors (Lipinski definition) is 1. The first kappa shape index (κ1) is 8.03. The van der Waals surface area contributed by atoms with Crippen LogP contribution in [0.5, 0.6) is 0 Å². The number of aromatic amines is 1. The standard InChI is InChI=1S/C11H12N2O/c14-13-6-5-11-9(7-13)8-3-1-2-4-10(8)12-11/h1-4,12-13H,5-7H2. The molecule has 0 fully saturated rings. The van der Waals surface area contributed by atoms with Crippen LogP contribution in [0.15, 0.2) is 24.3 Å². The number of rotatable bonds is 0. The van der Waals surface area contributed by atoms with Gasteiger partial charge in [-0.2, -0.15) is 0 Å². The lowest BCUT2D eigenvalue weighted by molar-refractivity contribution is -0.864. The molecule has 2 N–H and O–H groups in total. The van der Waals surface area contributed by atoms with Crippen LogP contribution in [-0.2, 0) is 13.0 Å². The lowest BCUT2D eigenvalue weighted by Gasteiger charge is -2.26. The van der Waals surface area contributed by atoms with Crippen LogP contribution >= 0.6 is 0 Å². The van der Waals surface area contributed by atoms with Crippen LogP contribution in [0.4, 0.5) is 0 Å². The lowest BCUT2D eigenvalue weighted by Crippen LogP contribution is -3.06. The number of nitrogens with one attached hydrogen (secondary N) is 2. The number of para-hydroxylation sites is 1. The molecule has 0 radical (unpaired) electrons. The summed E-state index contributed by atoms with van der Waals surface area (Å²) in [6.45, 7) is 1.30. The summed E-state index contributed by atoms with van der Waals surface area (Å²) in [6.07, 6.45) is 0.878. The summed E-state index contributed by atoms with van der Waals surface area (Å²) in [4.78, 5) is 3.38. The number of H-pyrrole nitrogens is 1. The van der Waals surface area contributed by atoms with Crippen LogP contribution in [0.1, 0.15) is 11.3 Å². The fraction of sp³-hybridized carbons (Fsp3) is 0.273. The quantitative estimate of drug-likeness (QED) is 0.584. The highest BCUT2D eigenvalue weighted by Gasteiger charge is 2.18. The van der Waals surface area contributed by atoms with E-state index < -0.39 is 0 Å². The molecule has 1 aliphatic rings. The van der Waals surface area contributed by atoms with E-state index in [0.717, 1.165) is 11.9 Å². The molecule has 0 bridgehead atoms. The molecule has 3 heteroatoms. The topological polar surface area (TPSA) is 43.3 Å². The molecule has 1 atom stereocenters. The van der Waals surface area contributed by atoms with E-state index >= 15 is 0 Å². The van der Waals surface area contributed by atoms with Gasteiger partial charge in [-0.3, -0.25) is 0 Å². The van der Waals surface area contributed by atoms with Gasteiger partial charge in [0.05, 0.1) is 6.54 Å². The Morgan fingerprint density at radius 3 is 3.07 bits per heavy atom. The van der Waals surface area contributed by atoms with Crippen molar-refractivity contribution in [1.82, 2.24) is 4.98 Å². The average Bonchev–Trinajstić information content (AvgIpc) is 2.56. The van der Waals surface area contributed by atoms with Gasteiger partial charge in [-0.1, -0.05) is 18.2 Å². The van der Waals surface area contributed by atoms with Crippen LogP contribution in [0.25, 0.3) is 10.9 Å². The molecular formula is C11H12N2O. The monoisotopic (exact) mass is 188 g/mol. The zero-order valence-corrected chi connectivity index (χ0v) is 7.84. The van der Waals surface area contributed by atoms with Crippen LogP contribution in [0.3, 0.4) is 0 Å². The third-order valence-corrected chi connectivity index (χ3v) is 2.93. The maximum Gasteiger partial charge on any atom is 0.105 e. The molecule has 1 aromatic carbocycles. The van der Waals surface area contributed by atoms with Crippen LogP contribution in [0, 0.1) is 5.21 Å². The molecule has 0 spiro atoms. The first-order chi connectivity index (χ1) is 6.84. The van der Waals surface area contributed by atoms with Crippen molar-refractivity contribution in [2.24, 2.45) is 0 Å². The van der Waals surface area contributed by atoms with Gasteiger partial charge >= 0.3 is 0 Å². The van der Waals surface area contributed by atoms with Gasteiger partial charge in [0, 0.05) is 28.6 Å². The van der Waals surface area contributed by atoms with E-state index in [9.17, 15) is 5.21 Å². The normalized spacial score (nSPS) is 21.1. The summed E-state index contributed by atoms with van der Waals surface area (Å²) >= 11 is 0. The fourth-order valence-electron chi connectivity index (χ4n) is 2.22. The highest BCUT2D eigenvalue weighted by atomic mass is 16.5. The molecule has 1 aromatic heterocycles. The Kier molecular flexibility index (Phi) is 1.63. The minimum Gasteiger partial charge on any atom is -0.634 e. The highest BCUT2D eigenvalue weighted by molar-refractivity contribution is 5.84. The third-order valence-electron chi connectivity index (χ3n) is 2.93. The Morgan fingerprint density at radius 2 is 2.14 bits per heavy atom. The Bertz CT molecular complexity index is 475. The highest BCUT2D eigenvalue weighted by Crippen LogP contribution is 2.22. The maximum atomic E-state index is 11.4. The van der Waals surface area contributed by atoms with Crippen molar-refractivity contribution in [3.8, 4) is 0 Å². The minimum atomic E-state index is 0.363. The molecule has 1 aliphatic heterocycles. The van der Waals surface area contributed by atoms with Gasteiger partial charge in [-0.15, -0.1) is 0 Å². The minimum absolute atomic E-state index is 0.363. The Morgan fingerprint density at radius 1 is 1.29 bits per heavy atom. The second-order valence-electron chi connectivity index (χ2n) is 3.84. The van der Waals surface area contributed by atoms with E-state index in [4.69, 9.17) is 0 Å². The van der Waals surface area contributed by atoms with Crippen LogP contribution < -0.4 is 5.06 Å². The first-order valence-electron chi connectivity index (χ1n) is 4.95. The Hall–Kier alpha value is -1.32. The van der Waals surface area contributed by atoms with Crippen molar-refractivity contribution in [3.63, 3.8) is 0 Å². The molecule has 0 amide bonds. The summed E-state index contributed by atoms with van der Waals surface area (Å²) < 4.78 is 0. The van der Waals surface area contributed by atoms with Gasteiger partial charge < -0.3 is 15.3 Å². The van der Waals surface area contributed by atoms with Gasteiger partial charge in [-0.05, 0) is 6.07 Å². The van der Waals surface area contributed by atoms with Crippen molar-refractivity contribution in [1.29, 1.82) is 0 Å². The van der Waals surface area contributed by atoms with Gasteiger partial charge in [0.25, 0.3) is 0 Å². The molecule has 14 heavy (non-hydrogen) atoms. The number of quaternary nitrogens is 1. The number of aromatic nitrogens is 1. The number of hydroxylamine groups is 2. The van der Waals surface area contributed by atoms with Crippen molar-refractivity contribution in [2.75, 3.05) is 6.54 Å². The van der Waals surface area contributed by atoms with Crippen molar-refractivity contribution in [2.45, 2.75) is 13.0 Å². The molecule has 3 rings (SSSR count). The average molecular weight is 188 g/mol. The molecular weight excluding hydrogens is 176 g/mol. The molecule has 72 valence electrons. The second-order valence-corrected chi connectivity index (χ2v) is 3.84. The molecule has 0 saturated carbocycles. The van der Waals surface area contributed by atoms with Crippen molar-refractivity contribution < 1.29 is 5.06 Å². The summed E-state index contributed by atoms with van der Waals surface area (Å²) in [5.74, 6) is 0. The van der Waals surface area contributed by atoms with Gasteiger partial charge in [0.15, 0.2) is 0 Å². The number of benzene rings is 1. The summed E-state index contributed by atoms with van der Waals surface area (Å²) in [5, 5.41) is 12.9. The van der Waals surface area contributed by atoms with Gasteiger partial charge in [-0.25, -0.2) is 0 Å². The van der Waals surface area contributed by atoms with E-state index in [1.165, 1.54) is 16.6 Å². The third kappa shape index (κ3) is 1.06. The van der Waals surface area contributed by atoms with Crippen LogP contribution in [0.2, 0.25) is 0 Å². The fourth-order valence-corrected chi connectivity index (χ4v) is 2.22. The first-order valence-corrected chi connectivity index (χ1v) is 4.95. The summed E-state index contributed by atoms with van der Waals surface area (Å²) in [6, 6.07) is 8.20. The zero-order chi connectivity index (χ0) is 9.54. The Labute approximate surface area is 81.9 Å². The van der Waals surface area contributed by atoms with E-state index in [-0.39, 0.29) is 0 Å². The molecule has 1 unspecified atom stereocenters. The molecule has 3 nitrogen and oxygen atoms in total. The molecule has 0 saturated heterocycles. The van der Waals surface area contributed by atoms with E-state index in [0.29, 0.717) is 18.2 Å². The van der Waals surface area contributed by atoms with E-state index in [1.807, 2.05) is 12.1 Å². The van der Waals surface area contributed by atoms with Crippen molar-refractivity contribution >= 4 is 10.9 Å². The smallest absolute Gasteiger partial charge is 0.105 e. The second kappa shape index (κ2) is 2.83. The van der Waals surface area contributed by atoms with Gasteiger partial charge in [0.2, 0.25) is 0 Å². The number of fused-ring (bicyclic) bond motifs is 3. The maximum absolute atomic E-state index is 11.4. The summed E-state index contributed by atoms with van der Waals surface area (Å²) in [7, 11) is 0. The predicted octanol–water partition coefficient (Wildman–Crippen LogP) is 0.607. The van der Waals surface area contributed by atoms with Crippen molar-refractivity contribution in [3.05, 3.63) is 40.7 Å². The van der Waals surface area contributed by atoms with E-state index in [1.54, 1.807) is 0 Å². The molecule has 2 heterocycles. The zero-order valence-electron chi connectivity index (χ0n) is 7.84. The van der Waals surface area contributed by atoms with Crippen LogP contribution in [-0.4, -0.2) is 11.5 Å². The number of hydrogen-bond donors (Lipinski definition) is 2. The summed E-state index contributed by atoms with van der Waals surface area (Å²) in [5.41, 5.74) is 3.63. The van der Waals surface area contributed by atoms with Gasteiger partial charge in [0.1, 0.15) is 6.54 Å². The van der Waals surface area contributed by atoms with E-state index in [2.05, 4.69) is 17.1 Å². The lowest BCUT2D eigenvalue weighted by atomic mass is 10.1. The molecule has 2 aromatic rings. The SMILES string of the molecule is [O-][NH+]1CCc2[nH]c3ccccc3c2C1. The largest absolute Gasteiger partial charge is 0.634 e. The Balaban J connectivity index is 2.25. The molecule has 0 aliphatic carbocycles.